The molecule has 0 aliphatic carbocycles. The average Bonchev–Trinajstić information content (AvgIpc) is 2.96. The van der Waals surface area contributed by atoms with Crippen LogP contribution in [0.15, 0.2) is 24.3 Å². The number of nitrogens with zero attached hydrogens (tertiary/aromatic N) is 1. The van der Waals surface area contributed by atoms with E-state index in [1.54, 1.807) is 17.0 Å². The molecular weight excluding hydrogens is 349 g/mol. The Morgan fingerprint density at radius 1 is 1.12 bits per heavy atom. The van der Waals surface area contributed by atoms with Crippen molar-refractivity contribution in [1.82, 2.24) is 10.2 Å². The summed E-state index contributed by atoms with van der Waals surface area (Å²) in [5.74, 6) is 1.40. The molecule has 0 saturated carbocycles. The monoisotopic (exact) mass is 372 g/mol. The van der Waals surface area contributed by atoms with Crippen LogP contribution in [0, 0.1) is 11.8 Å². The number of ether oxygens (including phenoxy) is 2. The molecule has 144 valence electrons. The van der Waals surface area contributed by atoms with Crippen molar-refractivity contribution in [2.24, 2.45) is 11.8 Å². The van der Waals surface area contributed by atoms with Crippen LogP contribution >= 0.6 is 0 Å². The highest BCUT2D eigenvalue weighted by Gasteiger charge is 2.32. The second kappa shape index (κ2) is 8.16. The van der Waals surface area contributed by atoms with E-state index in [0.29, 0.717) is 30.5 Å². The maximum atomic E-state index is 12.3. The Balaban J connectivity index is 1.44. The number of fused-ring (bicyclic) bond motifs is 1. The van der Waals surface area contributed by atoms with Crippen molar-refractivity contribution in [3.63, 3.8) is 0 Å². The van der Waals surface area contributed by atoms with E-state index in [1.807, 2.05) is 0 Å². The van der Waals surface area contributed by atoms with E-state index in [9.17, 15) is 18.0 Å². The summed E-state index contributed by atoms with van der Waals surface area (Å²) in [6.45, 7) is 2.21. The summed E-state index contributed by atoms with van der Waals surface area (Å²) in [6.07, 6.45) is -2.73. The number of benzene rings is 1. The smallest absolute Gasteiger partial charge is 0.422 e. The third-order valence-corrected chi connectivity index (χ3v) is 4.97. The number of hydrogen-bond donors (Lipinski definition) is 1. The predicted molar refractivity (Wildman–Crippen MR) is 88.8 cm³/mol. The molecule has 0 aromatic heterocycles. The lowest BCUT2D eigenvalue weighted by atomic mass is 9.92. The largest absolute Gasteiger partial charge is 0.484 e. The van der Waals surface area contributed by atoms with E-state index in [1.165, 1.54) is 12.1 Å². The van der Waals surface area contributed by atoms with Crippen LogP contribution in [0.2, 0.25) is 0 Å². The molecule has 26 heavy (non-hydrogen) atoms. The highest BCUT2D eigenvalue weighted by atomic mass is 19.4. The summed E-state index contributed by atoms with van der Waals surface area (Å²) in [5, 5.41) is 3.40. The minimum atomic E-state index is -4.37. The number of hydrogen-bond acceptors (Lipinski definition) is 4. The van der Waals surface area contributed by atoms with E-state index in [4.69, 9.17) is 4.74 Å². The summed E-state index contributed by atoms with van der Waals surface area (Å²) in [4.78, 5) is 14.0. The molecule has 0 bridgehead atoms. The fraction of sp³-hybridized carbons (Fsp3) is 0.611. The van der Waals surface area contributed by atoms with Crippen molar-refractivity contribution in [3.8, 4) is 5.75 Å². The fourth-order valence-corrected chi connectivity index (χ4v) is 3.48. The Kier molecular flexibility index (Phi) is 5.90. The molecule has 1 amide bonds. The molecule has 2 saturated heterocycles. The third kappa shape index (κ3) is 5.27. The first-order valence-electron chi connectivity index (χ1n) is 8.81. The van der Waals surface area contributed by atoms with E-state index >= 15 is 0 Å². The van der Waals surface area contributed by atoms with Gasteiger partial charge in [0.05, 0.1) is 0 Å². The average molecular weight is 372 g/mol. The van der Waals surface area contributed by atoms with Gasteiger partial charge >= 0.3 is 12.3 Å². The van der Waals surface area contributed by atoms with Gasteiger partial charge in [0, 0.05) is 13.1 Å². The summed E-state index contributed by atoms with van der Waals surface area (Å²) >= 11 is 0. The molecular formula is C18H23F3N2O3. The van der Waals surface area contributed by atoms with Crippen molar-refractivity contribution in [3.05, 3.63) is 29.8 Å². The Morgan fingerprint density at radius 3 is 2.31 bits per heavy atom. The zero-order chi connectivity index (χ0) is 18.6. The number of rotatable bonds is 4. The number of likely N-dealkylation sites (tertiary alicyclic amines) is 1. The van der Waals surface area contributed by atoms with Gasteiger partial charge in [0.1, 0.15) is 12.4 Å². The van der Waals surface area contributed by atoms with E-state index in [-0.39, 0.29) is 18.4 Å². The molecule has 1 N–H and O–H groups in total. The van der Waals surface area contributed by atoms with Crippen LogP contribution in [0.1, 0.15) is 18.4 Å². The Bertz CT molecular complexity index is 593. The SMILES string of the molecule is O=C(OCc1ccc(OCC(F)(F)F)cc1)N1CC[C@@H]2CNC[C@@H]2CC1. The van der Waals surface area contributed by atoms with Crippen LogP contribution in [0.4, 0.5) is 18.0 Å². The molecule has 8 heteroatoms. The lowest BCUT2D eigenvalue weighted by Gasteiger charge is -2.20. The van der Waals surface area contributed by atoms with Crippen molar-refractivity contribution >= 4 is 6.09 Å². The van der Waals surface area contributed by atoms with Crippen molar-refractivity contribution in [2.45, 2.75) is 25.6 Å². The molecule has 0 spiro atoms. The van der Waals surface area contributed by atoms with Crippen molar-refractivity contribution < 1.29 is 27.4 Å². The van der Waals surface area contributed by atoms with Crippen LogP contribution in [-0.2, 0) is 11.3 Å². The Morgan fingerprint density at radius 2 is 1.73 bits per heavy atom. The van der Waals surface area contributed by atoms with Gasteiger partial charge in [-0.2, -0.15) is 13.2 Å². The minimum absolute atomic E-state index is 0.0866. The normalized spacial score (nSPS) is 23.3. The molecule has 0 unspecified atom stereocenters. The van der Waals surface area contributed by atoms with Crippen LogP contribution < -0.4 is 10.1 Å². The number of alkyl halides is 3. The van der Waals surface area contributed by atoms with Crippen molar-refractivity contribution in [2.75, 3.05) is 32.8 Å². The highest BCUT2D eigenvalue weighted by Crippen LogP contribution is 2.27. The number of carbonyl (C=O) groups is 1. The van der Waals surface area contributed by atoms with Gasteiger partial charge in [-0.25, -0.2) is 4.79 Å². The van der Waals surface area contributed by atoms with Gasteiger partial charge in [0.15, 0.2) is 6.61 Å². The maximum Gasteiger partial charge on any atom is 0.422 e. The van der Waals surface area contributed by atoms with Crippen LogP contribution in [0.5, 0.6) is 5.75 Å². The van der Waals surface area contributed by atoms with Gasteiger partial charge in [-0.3, -0.25) is 0 Å². The Labute approximate surface area is 150 Å². The molecule has 1 aromatic carbocycles. The predicted octanol–water partition coefficient (Wildman–Crippen LogP) is 3.20. The molecule has 0 radical (unpaired) electrons. The first-order chi connectivity index (χ1) is 12.4. The number of carbonyl (C=O) groups excluding carboxylic acids is 1. The molecule has 5 nitrogen and oxygen atoms in total. The van der Waals surface area contributed by atoms with Gasteiger partial charge in [0.2, 0.25) is 0 Å². The van der Waals surface area contributed by atoms with Gasteiger partial charge in [-0.15, -0.1) is 0 Å². The molecule has 2 heterocycles. The van der Waals surface area contributed by atoms with Gasteiger partial charge < -0.3 is 19.7 Å². The quantitative estimate of drug-likeness (QED) is 0.882. The van der Waals surface area contributed by atoms with E-state index in [0.717, 1.165) is 25.9 Å². The van der Waals surface area contributed by atoms with Crippen LogP contribution in [0.3, 0.4) is 0 Å². The van der Waals surface area contributed by atoms with Crippen LogP contribution in [0.25, 0.3) is 0 Å². The molecule has 2 aliphatic rings. The summed E-state index contributed by atoms with van der Waals surface area (Å²) in [6, 6.07) is 6.07. The zero-order valence-electron chi connectivity index (χ0n) is 14.4. The molecule has 2 fully saturated rings. The number of halogens is 3. The standard InChI is InChI=1S/C18H23F3N2O3/c19-18(20,21)12-26-16-3-1-13(2-4-16)11-25-17(24)23-7-5-14-9-22-10-15(14)6-8-23/h1-4,14-15,22H,5-12H2/t14-,15+. The lowest BCUT2D eigenvalue weighted by Crippen LogP contribution is -2.33. The second-order valence-corrected chi connectivity index (χ2v) is 6.85. The van der Waals surface area contributed by atoms with Gasteiger partial charge in [-0.1, -0.05) is 12.1 Å². The minimum Gasteiger partial charge on any atom is -0.484 e. The molecule has 3 rings (SSSR count). The lowest BCUT2D eigenvalue weighted by molar-refractivity contribution is -0.153. The van der Waals surface area contributed by atoms with E-state index < -0.39 is 12.8 Å². The second-order valence-electron chi connectivity index (χ2n) is 6.85. The summed E-state index contributed by atoms with van der Waals surface area (Å²) < 4.78 is 46.4. The maximum absolute atomic E-state index is 12.3. The first-order valence-corrected chi connectivity index (χ1v) is 8.81. The zero-order valence-corrected chi connectivity index (χ0v) is 14.4. The molecule has 1 aromatic rings. The number of amides is 1. The third-order valence-electron chi connectivity index (χ3n) is 4.97. The number of nitrogens with one attached hydrogen (secondary N) is 1. The molecule has 2 aliphatic heterocycles. The van der Waals surface area contributed by atoms with Crippen LogP contribution in [-0.4, -0.2) is 50.0 Å². The van der Waals surface area contributed by atoms with Gasteiger partial charge in [0.25, 0.3) is 0 Å². The Hall–Kier alpha value is -1.96. The topological polar surface area (TPSA) is 50.8 Å². The molecule has 2 atom stereocenters. The highest BCUT2D eigenvalue weighted by molar-refractivity contribution is 5.67. The summed E-state index contributed by atoms with van der Waals surface area (Å²) in [7, 11) is 0. The summed E-state index contributed by atoms with van der Waals surface area (Å²) in [5.41, 5.74) is 0.702. The first kappa shape index (κ1) is 18.8. The fourth-order valence-electron chi connectivity index (χ4n) is 3.48. The van der Waals surface area contributed by atoms with E-state index in [2.05, 4.69) is 10.1 Å². The van der Waals surface area contributed by atoms with Gasteiger partial charge in [-0.05, 0) is 55.5 Å². The van der Waals surface area contributed by atoms with Crippen molar-refractivity contribution in [1.29, 1.82) is 0 Å².